The lowest BCUT2D eigenvalue weighted by molar-refractivity contribution is -0.133. The van der Waals surface area contributed by atoms with Crippen LogP contribution in [0.4, 0.5) is 0 Å². The first kappa shape index (κ1) is 19.9. The Balaban J connectivity index is 1.88. The van der Waals surface area contributed by atoms with Crippen molar-refractivity contribution in [2.75, 3.05) is 33.9 Å². The molecule has 0 radical (unpaired) electrons. The highest BCUT2D eigenvalue weighted by molar-refractivity contribution is 5.94. The van der Waals surface area contributed by atoms with E-state index in [-0.39, 0.29) is 24.2 Å². The first-order valence-electron chi connectivity index (χ1n) is 9.36. The maximum atomic E-state index is 13.2. The number of para-hydroxylation sites is 1. The SMILES string of the molecule is COc1ccc(C(C)=O)cc1CC(=O)N1CCNCC1c1ccccc1OC. The summed E-state index contributed by atoms with van der Waals surface area (Å²) in [6.07, 6.45) is 0.177. The van der Waals surface area contributed by atoms with Crippen LogP contribution in [-0.4, -0.2) is 50.4 Å². The predicted octanol–water partition coefficient (Wildman–Crippen LogP) is 2.62. The highest BCUT2D eigenvalue weighted by Gasteiger charge is 2.30. The van der Waals surface area contributed by atoms with Crippen LogP contribution in [0, 0.1) is 0 Å². The summed E-state index contributed by atoms with van der Waals surface area (Å²) in [5.74, 6) is 1.34. The highest BCUT2D eigenvalue weighted by atomic mass is 16.5. The Labute approximate surface area is 165 Å². The second-order valence-electron chi connectivity index (χ2n) is 6.81. The minimum Gasteiger partial charge on any atom is -0.496 e. The number of methoxy groups -OCH3 is 2. The van der Waals surface area contributed by atoms with E-state index in [4.69, 9.17) is 9.47 Å². The van der Waals surface area contributed by atoms with Gasteiger partial charge in [-0.05, 0) is 31.2 Å². The molecule has 1 atom stereocenters. The Morgan fingerprint density at radius 2 is 1.86 bits per heavy atom. The Kier molecular flexibility index (Phi) is 6.31. The molecule has 0 aromatic heterocycles. The smallest absolute Gasteiger partial charge is 0.227 e. The molecule has 0 aliphatic carbocycles. The third kappa shape index (κ3) is 4.17. The van der Waals surface area contributed by atoms with Crippen molar-refractivity contribution in [2.24, 2.45) is 0 Å². The van der Waals surface area contributed by atoms with E-state index in [1.165, 1.54) is 6.92 Å². The van der Waals surface area contributed by atoms with Crippen LogP contribution in [0.15, 0.2) is 42.5 Å². The quantitative estimate of drug-likeness (QED) is 0.778. The van der Waals surface area contributed by atoms with Crippen molar-refractivity contribution >= 4 is 11.7 Å². The first-order valence-corrected chi connectivity index (χ1v) is 9.36. The Morgan fingerprint density at radius 3 is 2.57 bits per heavy atom. The van der Waals surface area contributed by atoms with Crippen molar-refractivity contribution in [3.63, 3.8) is 0 Å². The number of piperazine rings is 1. The number of amides is 1. The molecule has 6 heteroatoms. The van der Waals surface area contributed by atoms with Crippen LogP contribution in [0.1, 0.15) is 34.5 Å². The number of Topliss-reactive ketones (excluding diaryl/α,β-unsaturated/α-hetero) is 1. The molecule has 1 fully saturated rings. The molecule has 1 N–H and O–H groups in total. The van der Waals surface area contributed by atoms with Gasteiger partial charge in [-0.3, -0.25) is 9.59 Å². The largest absolute Gasteiger partial charge is 0.496 e. The second-order valence-corrected chi connectivity index (χ2v) is 6.81. The van der Waals surface area contributed by atoms with Crippen LogP contribution in [0.5, 0.6) is 11.5 Å². The van der Waals surface area contributed by atoms with E-state index >= 15 is 0 Å². The Morgan fingerprint density at radius 1 is 1.11 bits per heavy atom. The van der Waals surface area contributed by atoms with Crippen LogP contribution < -0.4 is 14.8 Å². The van der Waals surface area contributed by atoms with Gasteiger partial charge in [-0.2, -0.15) is 0 Å². The molecule has 1 aliphatic rings. The third-order valence-electron chi connectivity index (χ3n) is 5.09. The minimum atomic E-state index is -0.112. The normalized spacial score (nSPS) is 16.5. The Hall–Kier alpha value is -2.86. The number of nitrogens with one attached hydrogen (secondary N) is 1. The monoisotopic (exact) mass is 382 g/mol. The topological polar surface area (TPSA) is 67.9 Å². The molecule has 28 heavy (non-hydrogen) atoms. The fraction of sp³-hybridized carbons (Fsp3) is 0.364. The lowest BCUT2D eigenvalue weighted by atomic mass is 9.99. The van der Waals surface area contributed by atoms with E-state index in [9.17, 15) is 9.59 Å². The van der Waals surface area contributed by atoms with Crippen molar-refractivity contribution in [3.8, 4) is 11.5 Å². The molecule has 148 valence electrons. The first-order chi connectivity index (χ1) is 13.5. The number of carbonyl (C=O) groups is 2. The van der Waals surface area contributed by atoms with Gasteiger partial charge in [0.25, 0.3) is 0 Å². The average Bonchev–Trinajstić information content (AvgIpc) is 2.73. The van der Waals surface area contributed by atoms with Crippen LogP contribution in [0.3, 0.4) is 0 Å². The van der Waals surface area contributed by atoms with Gasteiger partial charge < -0.3 is 19.7 Å². The molecule has 1 amide bonds. The number of hydrogen-bond donors (Lipinski definition) is 1. The summed E-state index contributed by atoms with van der Waals surface area (Å²) in [7, 11) is 3.21. The van der Waals surface area contributed by atoms with Gasteiger partial charge >= 0.3 is 0 Å². The van der Waals surface area contributed by atoms with E-state index in [1.54, 1.807) is 32.4 Å². The number of nitrogens with zero attached hydrogens (tertiary/aromatic N) is 1. The molecule has 0 spiro atoms. The predicted molar refractivity (Wildman–Crippen MR) is 107 cm³/mol. The van der Waals surface area contributed by atoms with Crippen molar-refractivity contribution in [1.82, 2.24) is 10.2 Å². The van der Waals surface area contributed by atoms with Gasteiger partial charge in [0.15, 0.2) is 5.78 Å². The van der Waals surface area contributed by atoms with Gasteiger partial charge in [-0.1, -0.05) is 18.2 Å². The second kappa shape index (κ2) is 8.89. The molecule has 1 unspecified atom stereocenters. The zero-order chi connectivity index (χ0) is 20.1. The van der Waals surface area contributed by atoms with Crippen molar-refractivity contribution in [2.45, 2.75) is 19.4 Å². The summed E-state index contributed by atoms with van der Waals surface area (Å²) in [6.45, 7) is 3.52. The highest BCUT2D eigenvalue weighted by Crippen LogP contribution is 2.31. The van der Waals surface area contributed by atoms with Gasteiger partial charge in [-0.15, -0.1) is 0 Å². The number of ketones is 1. The Bertz CT molecular complexity index is 865. The van der Waals surface area contributed by atoms with E-state index in [0.717, 1.165) is 23.4 Å². The molecule has 0 bridgehead atoms. The molecule has 6 nitrogen and oxygen atoms in total. The number of hydrogen-bond acceptors (Lipinski definition) is 5. The molecule has 2 aromatic rings. The number of benzene rings is 2. The van der Waals surface area contributed by atoms with Crippen molar-refractivity contribution in [3.05, 3.63) is 59.2 Å². The zero-order valence-corrected chi connectivity index (χ0v) is 16.5. The molecule has 1 heterocycles. The summed E-state index contributed by atoms with van der Waals surface area (Å²) in [4.78, 5) is 26.8. The molecular formula is C22H26N2O4. The fourth-order valence-corrected chi connectivity index (χ4v) is 3.62. The molecular weight excluding hydrogens is 356 g/mol. The van der Waals surface area contributed by atoms with Gasteiger partial charge in [-0.25, -0.2) is 0 Å². The lowest BCUT2D eigenvalue weighted by Crippen LogP contribution is -2.49. The fourth-order valence-electron chi connectivity index (χ4n) is 3.62. The average molecular weight is 382 g/mol. The number of ether oxygens (including phenoxy) is 2. The number of carbonyl (C=O) groups excluding carboxylic acids is 2. The molecule has 3 rings (SSSR count). The molecule has 2 aromatic carbocycles. The van der Waals surface area contributed by atoms with E-state index < -0.39 is 0 Å². The van der Waals surface area contributed by atoms with Crippen LogP contribution in [-0.2, 0) is 11.2 Å². The minimum absolute atomic E-state index is 0.00333. The van der Waals surface area contributed by atoms with E-state index in [2.05, 4.69) is 5.32 Å². The van der Waals surface area contributed by atoms with E-state index in [0.29, 0.717) is 24.4 Å². The maximum Gasteiger partial charge on any atom is 0.227 e. The molecule has 1 aliphatic heterocycles. The third-order valence-corrected chi connectivity index (χ3v) is 5.09. The summed E-state index contributed by atoms with van der Waals surface area (Å²) >= 11 is 0. The van der Waals surface area contributed by atoms with Crippen LogP contribution in [0.2, 0.25) is 0 Å². The van der Waals surface area contributed by atoms with Gasteiger partial charge in [0.05, 0.1) is 26.7 Å². The summed E-state index contributed by atoms with van der Waals surface area (Å²) < 4.78 is 10.9. The van der Waals surface area contributed by atoms with Gasteiger partial charge in [0, 0.05) is 36.3 Å². The zero-order valence-electron chi connectivity index (χ0n) is 16.5. The van der Waals surface area contributed by atoms with Crippen LogP contribution in [0.25, 0.3) is 0 Å². The molecule has 1 saturated heterocycles. The standard InChI is InChI=1S/C22H26N2O4/c1-15(25)16-8-9-20(27-2)17(12-16)13-22(26)24-11-10-23-14-19(24)18-6-4-5-7-21(18)28-3/h4-9,12,19,23H,10-11,13-14H2,1-3H3. The van der Waals surface area contributed by atoms with Crippen molar-refractivity contribution < 1.29 is 19.1 Å². The van der Waals surface area contributed by atoms with Gasteiger partial charge in [0.2, 0.25) is 5.91 Å². The maximum absolute atomic E-state index is 13.2. The van der Waals surface area contributed by atoms with Crippen LogP contribution >= 0.6 is 0 Å². The number of rotatable bonds is 6. The summed E-state index contributed by atoms with van der Waals surface area (Å²) in [5.41, 5.74) is 2.28. The summed E-state index contributed by atoms with van der Waals surface area (Å²) in [5, 5.41) is 3.36. The van der Waals surface area contributed by atoms with E-state index in [1.807, 2.05) is 29.2 Å². The molecule has 0 saturated carbocycles. The van der Waals surface area contributed by atoms with Crippen molar-refractivity contribution in [1.29, 1.82) is 0 Å². The van der Waals surface area contributed by atoms with Gasteiger partial charge in [0.1, 0.15) is 11.5 Å². The summed E-state index contributed by atoms with van der Waals surface area (Å²) in [6, 6.07) is 12.9. The lowest BCUT2D eigenvalue weighted by Gasteiger charge is -2.37.